The second kappa shape index (κ2) is 5.50. The first-order valence-corrected chi connectivity index (χ1v) is 5.28. The Hall–Kier alpha value is -2.09. The maximum Gasteiger partial charge on any atom is 0.387 e. The highest BCUT2D eigenvalue weighted by Crippen LogP contribution is 2.18. The molecule has 2 aromatic rings. The van der Waals surface area contributed by atoms with Gasteiger partial charge in [-0.15, -0.1) is 0 Å². The van der Waals surface area contributed by atoms with Crippen LogP contribution in [0.2, 0.25) is 0 Å². The van der Waals surface area contributed by atoms with E-state index in [9.17, 15) is 8.78 Å². The van der Waals surface area contributed by atoms with Crippen LogP contribution in [-0.2, 0) is 0 Å². The molecule has 1 aromatic heterocycles. The molecule has 1 aromatic carbocycles. The molecule has 0 saturated carbocycles. The Kier molecular flexibility index (Phi) is 3.78. The topological polar surface area (TPSA) is 55.2 Å². The lowest BCUT2D eigenvalue weighted by atomic mass is 10.2. The molecule has 5 nitrogen and oxygen atoms in total. The largest absolute Gasteiger partial charge is 0.434 e. The molecule has 94 valence electrons. The van der Waals surface area contributed by atoms with Gasteiger partial charge in [0.15, 0.2) is 0 Å². The minimum absolute atomic E-state index is 0.0475. The van der Waals surface area contributed by atoms with Crippen LogP contribution in [0.3, 0.4) is 0 Å². The highest BCUT2D eigenvalue weighted by Gasteiger charge is 2.07. The van der Waals surface area contributed by atoms with Crippen LogP contribution in [0.25, 0.3) is 0 Å². The molecule has 2 rings (SSSR count). The van der Waals surface area contributed by atoms with Crippen LogP contribution in [0, 0.1) is 4.77 Å². The SMILES string of the molecule is FC(F)Oc1ccccc1/C=N/n1cn[nH]c1=S. The first-order chi connectivity index (χ1) is 8.66. The number of aromatic nitrogens is 3. The summed E-state index contributed by atoms with van der Waals surface area (Å²) < 4.78 is 30.3. The number of aromatic amines is 1. The van der Waals surface area contributed by atoms with Crippen LogP contribution >= 0.6 is 12.2 Å². The summed E-state index contributed by atoms with van der Waals surface area (Å²) in [6.07, 6.45) is 2.73. The molecule has 0 saturated heterocycles. The molecule has 1 heterocycles. The zero-order valence-corrected chi connectivity index (χ0v) is 9.77. The van der Waals surface area contributed by atoms with Crippen LogP contribution in [0.5, 0.6) is 5.75 Å². The fourth-order valence-electron chi connectivity index (χ4n) is 1.24. The van der Waals surface area contributed by atoms with Gasteiger partial charge in [-0.2, -0.15) is 23.7 Å². The maximum absolute atomic E-state index is 12.2. The van der Waals surface area contributed by atoms with Crippen molar-refractivity contribution in [2.45, 2.75) is 6.61 Å². The Bertz CT molecular complexity index is 608. The highest BCUT2D eigenvalue weighted by molar-refractivity contribution is 7.71. The van der Waals surface area contributed by atoms with E-state index in [1.54, 1.807) is 18.2 Å². The van der Waals surface area contributed by atoms with Crippen LogP contribution in [0.4, 0.5) is 8.78 Å². The van der Waals surface area contributed by atoms with Gasteiger partial charge < -0.3 is 4.74 Å². The van der Waals surface area contributed by atoms with E-state index in [4.69, 9.17) is 12.2 Å². The van der Waals surface area contributed by atoms with Gasteiger partial charge in [-0.1, -0.05) is 12.1 Å². The van der Waals surface area contributed by atoms with Gasteiger partial charge in [0.25, 0.3) is 0 Å². The number of nitrogens with one attached hydrogen (secondary N) is 1. The molecule has 0 aliphatic heterocycles. The average molecular weight is 270 g/mol. The standard InChI is InChI=1S/C10H8F2N4OS/c11-9(12)17-8-4-2-1-3-7(8)5-14-16-6-13-15-10(16)18/h1-6,9H,(H,15,18)/b14-5+. The number of nitrogens with zero attached hydrogens (tertiary/aromatic N) is 3. The van der Waals surface area contributed by atoms with Crippen molar-refractivity contribution in [1.82, 2.24) is 14.9 Å². The highest BCUT2D eigenvalue weighted by atomic mass is 32.1. The smallest absolute Gasteiger partial charge is 0.387 e. The summed E-state index contributed by atoms with van der Waals surface area (Å²) in [4.78, 5) is 0. The molecule has 0 aliphatic carbocycles. The number of halogens is 2. The van der Waals surface area contributed by atoms with Crippen LogP contribution in [0.15, 0.2) is 35.7 Å². The Labute approximate surface area is 106 Å². The third kappa shape index (κ3) is 2.98. The second-order valence-electron chi connectivity index (χ2n) is 3.17. The van der Waals surface area contributed by atoms with Crippen molar-refractivity contribution in [2.75, 3.05) is 0 Å². The lowest BCUT2D eigenvalue weighted by Gasteiger charge is -2.06. The summed E-state index contributed by atoms with van der Waals surface area (Å²) in [5, 5.41) is 10.2. The molecule has 8 heteroatoms. The molecule has 0 radical (unpaired) electrons. The van der Waals surface area contributed by atoms with E-state index in [2.05, 4.69) is 20.0 Å². The zero-order valence-electron chi connectivity index (χ0n) is 8.96. The normalized spacial score (nSPS) is 11.3. The van der Waals surface area contributed by atoms with E-state index in [-0.39, 0.29) is 5.75 Å². The van der Waals surface area contributed by atoms with Crippen molar-refractivity contribution in [1.29, 1.82) is 0 Å². The van der Waals surface area contributed by atoms with E-state index in [1.807, 2.05) is 0 Å². The average Bonchev–Trinajstić information content (AvgIpc) is 2.73. The van der Waals surface area contributed by atoms with Gasteiger partial charge >= 0.3 is 6.61 Å². The van der Waals surface area contributed by atoms with E-state index in [0.717, 1.165) is 0 Å². The summed E-state index contributed by atoms with van der Waals surface area (Å²) in [6.45, 7) is -2.88. The monoisotopic (exact) mass is 270 g/mol. The summed E-state index contributed by atoms with van der Waals surface area (Å²) in [6, 6.07) is 6.32. The number of alkyl halides is 2. The van der Waals surface area contributed by atoms with E-state index in [1.165, 1.54) is 23.3 Å². The quantitative estimate of drug-likeness (QED) is 0.685. The Morgan fingerprint density at radius 1 is 1.44 bits per heavy atom. The van der Waals surface area contributed by atoms with Crippen molar-refractivity contribution < 1.29 is 13.5 Å². The molecule has 0 aliphatic rings. The summed E-state index contributed by atoms with van der Waals surface area (Å²) in [5.41, 5.74) is 0.418. The fraction of sp³-hybridized carbons (Fsp3) is 0.100. The van der Waals surface area contributed by atoms with Crippen molar-refractivity contribution in [2.24, 2.45) is 5.10 Å². The van der Waals surface area contributed by atoms with Crippen LogP contribution < -0.4 is 4.74 Å². The predicted molar refractivity (Wildman–Crippen MR) is 63.5 cm³/mol. The first-order valence-electron chi connectivity index (χ1n) is 4.87. The van der Waals surface area contributed by atoms with E-state index in [0.29, 0.717) is 10.3 Å². The number of hydrogen-bond donors (Lipinski definition) is 1. The molecule has 0 amide bonds. The molecule has 18 heavy (non-hydrogen) atoms. The third-order valence-corrected chi connectivity index (χ3v) is 2.27. The number of benzene rings is 1. The first kappa shape index (κ1) is 12.4. The molecular weight excluding hydrogens is 262 g/mol. The lowest BCUT2D eigenvalue weighted by Crippen LogP contribution is -2.04. The van der Waals surface area contributed by atoms with E-state index < -0.39 is 6.61 Å². The van der Waals surface area contributed by atoms with Crippen molar-refractivity contribution in [3.63, 3.8) is 0 Å². The van der Waals surface area contributed by atoms with Gasteiger partial charge in [0.05, 0.1) is 6.21 Å². The molecule has 1 N–H and O–H groups in total. The Morgan fingerprint density at radius 2 is 2.22 bits per heavy atom. The second-order valence-corrected chi connectivity index (χ2v) is 3.55. The molecule has 0 spiro atoms. The molecule has 0 atom stereocenters. The van der Waals surface area contributed by atoms with Gasteiger partial charge in [0, 0.05) is 5.56 Å². The van der Waals surface area contributed by atoms with Crippen molar-refractivity contribution >= 4 is 18.4 Å². The van der Waals surface area contributed by atoms with Gasteiger partial charge in [-0.25, -0.2) is 0 Å². The molecule has 0 unspecified atom stereocenters. The molecular formula is C10H8F2N4OS. The number of rotatable bonds is 4. The number of hydrogen-bond acceptors (Lipinski definition) is 4. The van der Waals surface area contributed by atoms with Crippen LogP contribution in [0.1, 0.15) is 5.56 Å². The zero-order chi connectivity index (χ0) is 13.0. The number of para-hydroxylation sites is 1. The van der Waals surface area contributed by atoms with Gasteiger partial charge in [0.2, 0.25) is 4.77 Å². The fourth-order valence-corrected chi connectivity index (χ4v) is 1.39. The third-order valence-electron chi connectivity index (χ3n) is 1.99. The lowest BCUT2D eigenvalue weighted by molar-refractivity contribution is -0.0499. The molecule has 0 bridgehead atoms. The number of ether oxygens (including phenoxy) is 1. The van der Waals surface area contributed by atoms with Crippen LogP contribution in [-0.4, -0.2) is 27.7 Å². The maximum atomic E-state index is 12.2. The van der Waals surface area contributed by atoms with Gasteiger partial charge in [-0.3, -0.25) is 5.10 Å². The molecule has 0 fully saturated rings. The van der Waals surface area contributed by atoms with Gasteiger partial charge in [0.1, 0.15) is 12.1 Å². The minimum atomic E-state index is -2.88. The van der Waals surface area contributed by atoms with Crippen molar-refractivity contribution in [3.8, 4) is 5.75 Å². The Morgan fingerprint density at radius 3 is 2.89 bits per heavy atom. The summed E-state index contributed by atoms with van der Waals surface area (Å²) in [5.74, 6) is 0.0475. The predicted octanol–water partition coefficient (Wildman–Crippen LogP) is 2.42. The summed E-state index contributed by atoms with van der Waals surface area (Å²) >= 11 is 4.88. The minimum Gasteiger partial charge on any atom is -0.434 e. The van der Waals surface area contributed by atoms with E-state index >= 15 is 0 Å². The van der Waals surface area contributed by atoms with Gasteiger partial charge in [-0.05, 0) is 24.4 Å². The Balaban J connectivity index is 2.26. The van der Waals surface area contributed by atoms with Crippen molar-refractivity contribution in [3.05, 3.63) is 40.9 Å². The summed E-state index contributed by atoms with van der Waals surface area (Å²) in [7, 11) is 0. The number of H-pyrrole nitrogens is 1.